The highest BCUT2D eigenvalue weighted by atomic mass is 19.4. The van der Waals surface area contributed by atoms with Crippen LogP contribution in [0.25, 0.3) is 0 Å². The fraction of sp³-hybridized carbons (Fsp3) is 0.611. The maximum atomic E-state index is 14.1. The van der Waals surface area contributed by atoms with E-state index in [1.165, 1.54) is 0 Å². The molecule has 2 bridgehead atoms. The van der Waals surface area contributed by atoms with Crippen molar-refractivity contribution in [3.05, 3.63) is 35.1 Å². The molecule has 4 nitrogen and oxygen atoms in total. The Hall–Kier alpha value is -1.67. The molecule has 144 valence electrons. The van der Waals surface area contributed by atoms with Crippen LogP contribution in [0.2, 0.25) is 0 Å². The zero-order valence-electron chi connectivity index (χ0n) is 14.6. The van der Waals surface area contributed by atoms with Gasteiger partial charge >= 0.3 is 6.18 Å². The number of piperidine rings is 1. The first-order chi connectivity index (χ1) is 12.3. The van der Waals surface area contributed by atoms with E-state index in [0.29, 0.717) is 26.2 Å². The highest BCUT2D eigenvalue weighted by Crippen LogP contribution is 2.32. The van der Waals surface area contributed by atoms with E-state index in [1.807, 2.05) is 4.90 Å². The molecule has 3 fully saturated rings. The first-order valence-electron chi connectivity index (χ1n) is 8.67. The fourth-order valence-corrected chi connectivity index (χ4v) is 3.86. The number of benzene rings is 1. The molecule has 0 unspecified atom stereocenters. The second kappa shape index (κ2) is 7.52. The summed E-state index contributed by atoms with van der Waals surface area (Å²) in [6, 6.07) is 2.47. The van der Waals surface area contributed by atoms with Crippen LogP contribution >= 0.6 is 0 Å². The lowest BCUT2D eigenvalue weighted by Gasteiger charge is -2.35. The van der Waals surface area contributed by atoms with Crippen molar-refractivity contribution in [3.63, 3.8) is 0 Å². The molecule has 0 N–H and O–H groups in total. The van der Waals surface area contributed by atoms with Gasteiger partial charge in [-0.05, 0) is 31.0 Å². The molecule has 26 heavy (non-hydrogen) atoms. The minimum atomic E-state index is -4.51. The summed E-state index contributed by atoms with van der Waals surface area (Å²) >= 11 is 0. The predicted octanol–water partition coefficient (Wildman–Crippen LogP) is 2.91. The van der Waals surface area contributed by atoms with Gasteiger partial charge in [0.1, 0.15) is 5.82 Å². The smallest absolute Gasteiger partial charge is 0.383 e. The van der Waals surface area contributed by atoms with E-state index in [0.717, 1.165) is 31.0 Å². The number of alkyl halides is 3. The van der Waals surface area contributed by atoms with Crippen molar-refractivity contribution in [1.29, 1.82) is 0 Å². The lowest BCUT2D eigenvalue weighted by atomic mass is 9.94. The van der Waals surface area contributed by atoms with Crippen LogP contribution in [0.5, 0.6) is 0 Å². The topological polar surface area (TPSA) is 32.8 Å². The number of methoxy groups -OCH3 is 1. The Morgan fingerprint density at radius 2 is 2.00 bits per heavy atom. The summed E-state index contributed by atoms with van der Waals surface area (Å²) < 4.78 is 57.8. The summed E-state index contributed by atoms with van der Waals surface area (Å²) in [5.74, 6) is -0.790. The van der Waals surface area contributed by atoms with Crippen molar-refractivity contribution in [1.82, 2.24) is 9.80 Å². The van der Waals surface area contributed by atoms with E-state index in [-0.39, 0.29) is 30.0 Å². The fourth-order valence-electron chi connectivity index (χ4n) is 3.86. The van der Waals surface area contributed by atoms with Gasteiger partial charge in [0.05, 0.1) is 18.1 Å². The van der Waals surface area contributed by atoms with Gasteiger partial charge in [0.2, 0.25) is 5.91 Å². The van der Waals surface area contributed by atoms with Crippen LogP contribution in [-0.2, 0) is 22.3 Å². The van der Waals surface area contributed by atoms with Crippen molar-refractivity contribution < 1.29 is 27.1 Å². The maximum absolute atomic E-state index is 14.1. The van der Waals surface area contributed by atoms with Crippen molar-refractivity contribution in [2.75, 3.05) is 33.4 Å². The molecule has 1 aromatic rings. The zero-order valence-corrected chi connectivity index (χ0v) is 14.6. The lowest BCUT2D eigenvalue weighted by molar-refractivity contribution is -0.140. The first-order valence-corrected chi connectivity index (χ1v) is 8.67. The number of nitrogens with zero attached hydrogens (tertiary/aromatic N) is 2. The highest BCUT2D eigenvalue weighted by Gasteiger charge is 2.40. The van der Waals surface area contributed by atoms with Crippen LogP contribution in [0.3, 0.4) is 0 Å². The number of ether oxygens (including phenoxy) is 1. The van der Waals surface area contributed by atoms with Gasteiger partial charge < -0.3 is 9.64 Å². The van der Waals surface area contributed by atoms with E-state index < -0.39 is 17.6 Å². The standard InChI is InChI=1S/C18H22F4N2O2/c1-26-7-6-24-15-4-2-12(17(24)25)9-23(11-15)10-13-8-14(18(20,21)22)3-5-16(13)19/h3,5,8,12,15H,2,4,6-7,9-11H2,1H3/t12-,15+/m0/s1. The van der Waals surface area contributed by atoms with Crippen LogP contribution in [0.1, 0.15) is 24.0 Å². The number of carbonyl (C=O) groups is 1. The van der Waals surface area contributed by atoms with Crippen molar-refractivity contribution in [2.24, 2.45) is 5.92 Å². The first kappa shape index (κ1) is 19.1. The number of hydrogen-bond donors (Lipinski definition) is 0. The molecule has 8 heteroatoms. The van der Waals surface area contributed by atoms with Crippen molar-refractivity contribution in [3.8, 4) is 0 Å². The number of amides is 1. The van der Waals surface area contributed by atoms with Crippen LogP contribution in [-0.4, -0.2) is 55.1 Å². The second-order valence-electron chi connectivity index (χ2n) is 6.95. The summed E-state index contributed by atoms with van der Waals surface area (Å²) in [6.45, 7) is 1.98. The highest BCUT2D eigenvalue weighted by molar-refractivity contribution is 5.80. The number of fused-ring (bicyclic) bond motifs is 4. The molecule has 1 aromatic carbocycles. The molecule has 3 heterocycles. The summed E-state index contributed by atoms with van der Waals surface area (Å²) in [5, 5.41) is 0. The van der Waals surface area contributed by atoms with Gasteiger partial charge in [0, 0.05) is 44.9 Å². The third-order valence-corrected chi connectivity index (χ3v) is 5.17. The van der Waals surface area contributed by atoms with E-state index in [2.05, 4.69) is 0 Å². The molecule has 4 rings (SSSR count). The Balaban J connectivity index is 1.77. The number of rotatable bonds is 5. The average molecular weight is 374 g/mol. The molecule has 0 aromatic heterocycles. The average Bonchev–Trinajstić information content (AvgIpc) is 2.84. The van der Waals surface area contributed by atoms with Crippen LogP contribution in [0, 0.1) is 11.7 Å². The van der Waals surface area contributed by atoms with Crippen LogP contribution in [0.4, 0.5) is 17.6 Å². The van der Waals surface area contributed by atoms with E-state index in [4.69, 9.17) is 4.74 Å². The third kappa shape index (κ3) is 4.01. The van der Waals surface area contributed by atoms with Crippen LogP contribution < -0.4 is 0 Å². The minimum absolute atomic E-state index is 0.00902. The normalized spacial score (nSPS) is 24.2. The van der Waals surface area contributed by atoms with Gasteiger partial charge in [-0.2, -0.15) is 13.2 Å². The quantitative estimate of drug-likeness (QED) is 0.743. The molecule has 1 amide bonds. The number of hydrogen-bond acceptors (Lipinski definition) is 3. The van der Waals surface area contributed by atoms with Gasteiger partial charge in [0.15, 0.2) is 0 Å². The van der Waals surface area contributed by atoms with Gasteiger partial charge in [-0.3, -0.25) is 9.69 Å². The van der Waals surface area contributed by atoms with E-state index in [1.54, 1.807) is 12.0 Å². The molecular weight excluding hydrogens is 352 g/mol. The molecule has 2 atom stereocenters. The largest absolute Gasteiger partial charge is 0.416 e. The minimum Gasteiger partial charge on any atom is -0.383 e. The lowest BCUT2D eigenvalue weighted by Crippen LogP contribution is -2.49. The Kier molecular flexibility index (Phi) is 5.53. The summed E-state index contributed by atoms with van der Waals surface area (Å²) in [6.07, 6.45) is -2.90. The summed E-state index contributed by atoms with van der Waals surface area (Å²) in [5.41, 5.74) is -0.846. The molecule has 0 aliphatic carbocycles. The maximum Gasteiger partial charge on any atom is 0.416 e. The monoisotopic (exact) mass is 374 g/mol. The molecule has 0 saturated carbocycles. The van der Waals surface area contributed by atoms with Crippen molar-refractivity contribution in [2.45, 2.75) is 31.6 Å². The third-order valence-electron chi connectivity index (χ3n) is 5.17. The molecule has 0 radical (unpaired) electrons. The van der Waals surface area contributed by atoms with Gasteiger partial charge in [0.25, 0.3) is 0 Å². The van der Waals surface area contributed by atoms with Crippen molar-refractivity contribution >= 4 is 5.91 Å². The summed E-state index contributed by atoms with van der Waals surface area (Å²) in [7, 11) is 1.57. The van der Waals surface area contributed by atoms with Gasteiger partial charge in [-0.25, -0.2) is 4.39 Å². The molecule has 3 saturated heterocycles. The second-order valence-corrected chi connectivity index (χ2v) is 6.95. The molecular formula is C18H22F4N2O2. The van der Waals surface area contributed by atoms with Crippen LogP contribution in [0.15, 0.2) is 18.2 Å². The van der Waals surface area contributed by atoms with Gasteiger partial charge in [-0.15, -0.1) is 0 Å². The Morgan fingerprint density at radius 1 is 1.23 bits per heavy atom. The van der Waals surface area contributed by atoms with E-state index >= 15 is 0 Å². The molecule has 3 aliphatic heterocycles. The Labute approximate surface area is 149 Å². The Bertz CT molecular complexity index is 665. The van der Waals surface area contributed by atoms with E-state index in [9.17, 15) is 22.4 Å². The van der Waals surface area contributed by atoms with Gasteiger partial charge in [-0.1, -0.05) is 0 Å². The SMILES string of the molecule is COCCN1C(=O)[C@H]2CC[C@@H]1CN(Cc1cc(C(F)(F)F)ccc1F)C2. The predicted molar refractivity (Wildman–Crippen MR) is 86.8 cm³/mol. The zero-order chi connectivity index (χ0) is 18.9. The molecule has 3 aliphatic rings. The molecule has 0 spiro atoms. The number of halogens is 4. The number of carbonyl (C=O) groups excluding carboxylic acids is 1. The Morgan fingerprint density at radius 3 is 2.69 bits per heavy atom. The summed E-state index contributed by atoms with van der Waals surface area (Å²) in [4.78, 5) is 16.3.